The van der Waals surface area contributed by atoms with Crippen molar-refractivity contribution in [3.63, 3.8) is 0 Å². The Hall–Kier alpha value is -2.20. The van der Waals surface area contributed by atoms with Crippen LogP contribution in [0.2, 0.25) is 0 Å². The van der Waals surface area contributed by atoms with Crippen molar-refractivity contribution in [1.82, 2.24) is 0 Å². The fourth-order valence-electron chi connectivity index (χ4n) is 4.84. The molecular formula is C21H19F5O4S. The van der Waals surface area contributed by atoms with Gasteiger partial charge in [0.05, 0.1) is 28.7 Å². The van der Waals surface area contributed by atoms with E-state index in [4.69, 9.17) is 4.74 Å². The molecule has 1 fully saturated rings. The zero-order valence-electron chi connectivity index (χ0n) is 16.3. The van der Waals surface area contributed by atoms with Crippen molar-refractivity contribution in [2.75, 3.05) is 6.61 Å². The second kappa shape index (κ2) is 7.16. The lowest BCUT2D eigenvalue weighted by Gasteiger charge is -2.51. The molecule has 0 amide bonds. The minimum atomic E-state index is -4.66. The van der Waals surface area contributed by atoms with E-state index in [1.54, 1.807) is 6.92 Å². The van der Waals surface area contributed by atoms with Crippen LogP contribution in [0.15, 0.2) is 41.3 Å². The zero-order valence-corrected chi connectivity index (χ0v) is 17.1. The summed E-state index contributed by atoms with van der Waals surface area (Å²) in [5, 5.41) is 10.3. The predicted octanol–water partition coefficient (Wildman–Crippen LogP) is 4.45. The van der Waals surface area contributed by atoms with Crippen LogP contribution >= 0.6 is 0 Å². The molecule has 4 atom stereocenters. The van der Waals surface area contributed by atoms with Gasteiger partial charge in [0, 0.05) is 5.92 Å². The summed E-state index contributed by atoms with van der Waals surface area (Å²) < 4.78 is 99.5. The van der Waals surface area contributed by atoms with Gasteiger partial charge in [0.1, 0.15) is 10.6 Å². The van der Waals surface area contributed by atoms with Crippen LogP contribution in [0.3, 0.4) is 0 Å². The van der Waals surface area contributed by atoms with Gasteiger partial charge in [-0.05, 0) is 55.2 Å². The van der Waals surface area contributed by atoms with Gasteiger partial charge in [-0.3, -0.25) is 0 Å². The maximum Gasteiger partial charge on any atom is 0.416 e. The quantitative estimate of drug-likeness (QED) is 0.670. The van der Waals surface area contributed by atoms with E-state index in [1.165, 1.54) is 0 Å². The Bertz CT molecular complexity index is 1110. The van der Waals surface area contributed by atoms with E-state index in [9.17, 15) is 31.1 Å². The van der Waals surface area contributed by atoms with E-state index < -0.39 is 72.1 Å². The van der Waals surface area contributed by atoms with E-state index in [0.29, 0.717) is 12.1 Å². The minimum Gasteiger partial charge on any atom is -0.490 e. The molecule has 4 rings (SSSR count). The van der Waals surface area contributed by atoms with Gasteiger partial charge in [-0.25, -0.2) is 17.2 Å². The van der Waals surface area contributed by atoms with Crippen molar-refractivity contribution in [1.29, 1.82) is 0 Å². The predicted molar refractivity (Wildman–Crippen MR) is 100 cm³/mol. The van der Waals surface area contributed by atoms with Crippen LogP contribution in [0.5, 0.6) is 5.75 Å². The molecule has 10 heteroatoms. The second-order valence-electron chi connectivity index (χ2n) is 8.03. The third kappa shape index (κ3) is 3.14. The summed E-state index contributed by atoms with van der Waals surface area (Å²) in [7, 11) is -4.52. The highest BCUT2D eigenvalue weighted by Crippen LogP contribution is 2.58. The summed E-state index contributed by atoms with van der Waals surface area (Å²) in [5.41, 5.74) is -1.50. The molecular weight excluding hydrogens is 443 g/mol. The van der Waals surface area contributed by atoms with Gasteiger partial charge in [-0.1, -0.05) is 6.92 Å². The first kappa shape index (κ1) is 22.0. The fraction of sp³-hybridized carbons (Fsp3) is 0.429. The molecule has 4 nitrogen and oxygen atoms in total. The van der Waals surface area contributed by atoms with Gasteiger partial charge in [0.2, 0.25) is 0 Å². The fourth-order valence-corrected chi connectivity index (χ4v) is 7.29. The Balaban J connectivity index is 1.98. The van der Waals surface area contributed by atoms with Gasteiger partial charge >= 0.3 is 6.18 Å². The van der Waals surface area contributed by atoms with Gasteiger partial charge in [-0.2, -0.15) is 13.2 Å². The summed E-state index contributed by atoms with van der Waals surface area (Å²) in [6.07, 6.45) is -5.79. The van der Waals surface area contributed by atoms with Gasteiger partial charge < -0.3 is 9.84 Å². The summed E-state index contributed by atoms with van der Waals surface area (Å²) >= 11 is 0. The van der Waals surface area contributed by atoms with E-state index in [-0.39, 0.29) is 19.4 Å². The number of rotatable bonds is 2. The lowest BCUT2D eigenvalue weighted by Crippen LogP contribution is -2.56. The monoisotopic (exact) mass is 462 g/mol. The molecule has 0 radical (unpaired) electrons. The molecule has 2 aliphatic rings. The van der Waals surface area contributed by atoms with Crippen LogP contribution in [-0.2, 0) is 20.8 Å². The largest absolute Gasteiger partial charge is 0.490 e. The van der Waals surface area contributed by atoms with Gasteiger partial charge in [-0.15, -0.1) is 0 Å². The Morgan fingerprint density at radius 3 is 2.29 bits per heavy atom. The number of benzene rings is 2. The summed E-state index contributed by atoms with van der Waals surface area (Å²) in [6.45, 7) is 1.31. The third-order valence-corrected chi connectivity index (χ3v) is 9.08. The molecule has 168 valence electrons. The van der Waals surface area contributed by atoms with Crippen LogP contribution in [0.25, 0.3) is 0 Å². The van der Waals surface area contributed by atoms with Crippen LogP contribution in [0, 0.1) is 23.5 Å². The molecule has 1 aliphatic carbocycles. The van der Waals surface area contributed by atoms with Crippen molar-refractivity contribution < 1.29 is 40.2 Å². The Labute approximate surface area is 175 Å². The lowest BCUT2D eigenvalue weighted by molar-refractivity contribution is -0.137. The van der Waals surface area contributed by atoms with Crippen molar-refractivity contribution in [3.05, 3.63) is 59.2 Å². The van der Waals surface area contributed by atoms with Crippen LogP contribution in [0.1, 0.15) is 30.9 Å². The standard InChI is InChI=1S/C21H19F5O4S/c1-11-14-10-30-19-16(23)7-6-15(22)18(19)20(14,9-8-17(11)27)31(28,29)13-4-2-12(3-5-13)21(24,25)26/h2-7,11,14,17,27H,8-10H2,1H3/t11-,14-,17+,20-/m0/s1. The number of fused-ring (bicyclic) bond motifs is 3. The maximum absolute atomic E-state index is 15.0. The number of halogens is 5. The number of ether oxygens (including phenoxy) is 1. The first-order valence-corrected chi connectivity index (χ1v) is 11.1. The summed E-state index contributed by atoms with van der Waals surface area (Å²) in [6, 6.07) is 4.56. The Kier molecular flexibility index (Phi) is 5.09. The van der Waals surface area contributed by atoms with Crippen molar-refractivity contribution in [3.8, 4) is 5.75 Å². The Morgan fingerprint density at radius 1 is 1.06 bits per heavy atom. The van der Waals surface area contributed by atoms with Crippen molar-refractivity contribution >= 4 is 9.84 Å². The molecule has 0 saturated heterocycles. The molecule has 31 heavy (non-hydrogen) atoms. The molecule has 1 heterocycles. The smallest absolute Gasteiger partial charge is 0.416 e. The van der Waals surface area contributed by atoms with Crippen molar-refractivity contribution in [2.24, 2.45) is 11.8 Å². The van der Waals surface area contributed by atoms with Crippen LogP contribution in [-0.4, -0.2) is 26.2 Å². The Morgan fingerprint density at radius 2 is 1.68 bits per heavy atom. The van der Waals surface area contributed by atoms with Crippen molar-refractivity contribution in [2.45, 2.75) is 41.7 Å². The molecule has 0 aromatic heterocycles. The number of sulfone groups is 1. The van der Waals surface area contributed by atoms with Gasteiger partial charge in [0.15, 0.2) is 21.4 Å². The molecule has 0 bridgehead atoms. The number of aliphatic hydroxyl groups is 1. The summed E-state index contributed by atoms with van der Waals surface area (Å²) in [5.74, 6) is -4.02. The topological polar surface area (TPSA) is 63.6 Å². The molecule has 0 unspecified atom stereocenters. The average molecular weight is 462 g/mol. The van der Waals surface area contributed by atoms with Crippen LogP contribution in [0.4, 0.5) is 22.0 Å². The first-order valence-electron chi connectivity index (χ1n) is 9.62. The first-order chi connectivity index (χ1) is 14.4. The number of alkyl halides is 3. The molecule has 0 spiro atoms. The molecule has 1 N–H and O–H groups in total. The highest BCUT2D eigenvalue weighted by Gasteiger charge is 2.61. The normalized spacial score (nSPS) is 28.4. The molecule has 2 aromatic rings. The van der Waals surface area contributed by atoms with E-state index >= 15 is 4.39 Å². The van der Waals surface area contributed by atoms with Gasteiger partial charge in [0.25, 0.3) is 0 Å². The number of hydrogen-bond acceptors (Lipinski definition) is 4. The highest BCUT2D eigenvalue weighted by molar-refractivity contribution is 7.92. The van der Waals surface area contributed by atoms with E-state index in [1.807, 2.05) is 0 Å². The maximum atomic E-state index is 15.0. The van der Waals surface area contributed by atoms with E-state index in [2.05, 4.69) is 0 Å². The zero-order chi connectivity index (χ0) is 22.8. The summed E-state index contributed by atoms with van der Waals surface area (Å²) in [4.78, 5) is -0.439. The number of hydrogen-bond donors (Lipinski definition) is 1. The molecule has 1 saturated carbocycles. The average Bonchev–Trinajstić information content (AvgIpc) is 2.72. The SMILES string of the molecule is C[C@@H]1[C@H](O)CC[C@@]2(S(=O)(=O)c3ccc(C(F)(F)F)cc3)c3c(F)ccc(F)c3OC[C@@H]12. The molecule has 2 aromatic carbocycles. The van der Waals surface area contributed by atoms with E-state index in [0.717, 1.165) is 24.3 Å². The minimum absolute atomic E-state index is 0.00702. The molecule has 1 aliphatic heterocycles. The highest BCUT2D eigenvalue weighted by atomic mass is 32.2. The second-order valence-corrected chi connectivity index (χ2v) is 10.2. The third-order valence-electron chi connectivity index (χ3n) is 6.51. The van der Waals surface area contributed by atoms with Crippen LogP contribution < -0.4 is 4.74 Å². The lowest BCUT2D eigenvalue weighted by atomic mass is 9.67. The number of aliphatic hydroxyl groups excluding tert-OH is 1.